The topological polar surface area (TPSA) is 58.8 Å². The number of nitrogens with zero attached hydrogens (tertiary/aromatic N) is 3. The van der Waals surface area contributed by atoms with Gasteiger partial charge in [0.25, 0.3) is 5.91 Å². The Morgan fingerprint density at radius 1 is 1.22 bits per heavy atom. The molecule has 1 amide bonds. The van der Waals surface area contributed by atoms with Crippen molar-refractivity contribution in [3.63, 3.8) is 0 Å². The highest BCUT2D eigenvalue weighted by molar-refractivity contribution is 5.96. The molecule has 4 rings (SSSR count). The quantitative estimate of drug-likeness (QED) is 0.831. The number of carbonyl (C=O) groups excluding carboxylic acids is 1. The van der Waals surface area contributed by atoms with Crippen molar-refractivity contribution in [1.29, 1.82) is 0 Å². The number of carbonyl (C=O) groups is 1. The van der Waals surface area contributed by atoms with Gasteiger partial charge < -0.3 is 14.2 Å². The van der Waals surface area contributed by atoms with Gasteiger partial charge in [-0.2, -0.15) is 0 Å². The van der Waals surface area contributed by atoms with Crippen LogP contribution >= 0.6 is 0 Å². The van der Waals surface area contributed by atoms with Gasteiger partial charge in [0, 0.05) is 6.04 Å². The fraction of sp³-hybridized carbons (Fsp3) is 0.765. The van der Waals surface area contributed by atoms with Gasteiger partial charge in [-0.3, -0.25) is 9.69 Å². The SMILES string of the molecule is Cc1noc(C)c1C(=O)N1CC2(CC(N3CCCCC3)CO2)C1. The molecular formula is C17H25N3O3. The first kappa shape index (κ1) is 15.1. The zero-order valence-electron chi connectivity index (χ0n) is 14.0. The Labute approximate surface area is 136 Å². The number of amides is 1. The Bertz CT molecular complexity index is 581. The maximum absolute atomic E-state index is 12.6. The van der Waals surface area contributed by atoms with E-state index in [-0.39, 0.29) is 11.5 Å². The molecule has 1 atom stereocenters. The van der Waals surface area contributed by atoms with Gasteiger partial charge in [-0.1, -0.05) is 11.6 Å². The van der Waals surface area contributed by atoms with Gasteiger partial charge in [0.15, 0.2) is 0 Å². The highest BCUT2D eigenvalue weighted by Gasteiger charge is 2.52. The van der Waals surface area contributed by atoms with Crippen LogP contribution in [0.4, 0.5) is 0 Å². The molecule has 6 heteroatoms. The Morgan fingerprint density at radius 2 is 1.96 bits per heavy atom. The highest BCUT2D eigenvalue weighted by atomic mass is 16.5. The van der Waals surface area contributed by atoms with Crippen LogP contribution < -0.4 is 0 Å². The van der Waals surface area contributed by atoms with Gasteiger partial charge in [0.05, 0.1) is 25.4 Å². The normalized spacial score (nSPS) is 27.4. The third-order valence-electron chi connectivity index (χ3n) is 5.59. The molecule has 126 valence electrons. The average Bonchev–Trinajstić information content (AvgIpc) is 3.11. The van der Waals surface area contributed by atoms with Crippen molar-refractivity contribution in [2.45, 2.75) is 51.2 Å². The van der Waals surface area contributed by atoms with E-state index in [9.17, 15) is 4.79 Å². The Hall–Kier alpha value is -1.40. The van der Waals surface area contributed by atoms with Crippen LogP contribution in [0.3, 0.4) is 0 Å². The van der Waals surface area contributed by atoms with Crippen LogP contribution in [-0.4, -0.2) is 65.3 Å². The van der Waals surface area contributed by atoms with Crippen LogP contribution in [0, 0.1) is 13.8 Å². The van der Waals surface area contributed by atoms with Crippen molar-refractivity contribution in [3.05, 3.63) is 17.0 Å². The molecule has 0 aromatic carbocycles. The molecule has 0 aliphatic carbocycles. The first-order valence-electron chi connectivity index (χ1n) is 8.68. The molecule has 1 spiro atoms. The molecule has 0 bridgehead atoms. The summed E-state index contributed by atoms with van der Waals surface area (Å²) in [5.41, 5.74) is 1.17. The summed E-state index contributed by atoms with van der Waals surface area (Å²) in [7, 11) is 0. The maximum atomic E-state index is 12.6. The highest BCUT2D eigenvalue weighted by Crippen LogP contribution is 2.38. The summed E-state index contributed by atoms with van der Waals surface area (Å²) in [5, 5.41) is 3.88. The van der Waals surface area contributed by atoms with E-state index in [1.807, 2.05) is 11.8 Å². The predicted molar refractivity (Wildman–Crippen MR) is 84.4 cm³/mol. The molecule has 1 aromatic rings. The molecule has 3 fully saturated rings. The van der Waals surface area contributed by atoms with Crippen LogP contribution in [0.5, 0.6) is 0 Å². The van der Waals surface area contributed by atoms with E-state index < -0.39 is 0 Å². The van der Waals surface area contributed by atoms with Crippen LogP contribution in [0.15, 0.2) is 4.52 Å². The minimum Gasteiger partial charge on any atom is -0.370 e. The third kappa shape index (κ3) is 2.58. The lowest BCUT2D eigenvalue weighted by Gasteiger charge is -2.47. The number of aryl methyl sites for hydroxylation is 2. The average molecular weight is 319 g/mol. The number of piperidine rings is 1. The standard InChI is InChI=1S/C17H25N3O3/c1-12-15(13(2)23-18-12)16(21)20-10-17(11-20)8-14(9-22-17)19-6-4-3-5-7-19/h14H,3-11H2,1-2H3. The lowest BCUT2D eigenvalue weighted by Crippen LogP contribution is -2.63. The first-order valence-corrected chi connectivity index (χ1v) is 8.68. The summed E-state index contributed by atoms with van der Waals surface area (Å²) in [6.45, 7) is 8.21. The minimum absolute atomic E-state index is 0.0249. The number of rotatable bonds is 2. The lowest BCUT2D eigenvalue weighted by atomic mass is 9.88. The van der Waals surface area contributed by atoms with Crippen LogP contribution in [0.2, 0.25) is 0 Å². The van der Waals surface area contributed by atoms with Gasteiger partial charge in [0.2, 0.25) is 0 Å². The van der Waals surface area contributed by atoms with E-state index >= 15 is 0 Å². The first-order chi connectivity index (χ1) is 11.1. The molecule has 6 nitrogen and oxygen atoms in total. The van der Waals surface area contributed by atoms with E-state index in [0.717, 1.165) is 13.0 Å². The number of likely N-dealkylation sites (tertiary alicyclic amines) is 2. The molecule has 1 aromatic heterocycles. The summed E-state index contributed by atoms with van der Waals surface area (Å²) in [5.74, 6) is 0.629. The Balaban J connectivity index is 1.37. The van der Waals surface area contributed by atoms with E-state index in [1.165, 1.54) is 32.4 Å². The summed E-state index contributed by atoms with van der Waals surface area (Å²) in [6, 6.07) is 0.534. The minimum atomic E-state index is -0.114. The van der Waals surface area contributed by atoms with Crippen LogP contribution in [0.25, 0.3) is 0 Å². The molecule has 3 saturated heterocycles. The van der Waals surface area contributed by atoms with Crippen LogP contribution in [-0.2, 0) is 4.74 Å². The molecule has 0 N–H and O–H groups in total. The van der Waals surface area contributed by atoms with E-state index in [0.29, 0.717) is 36.1 Å². The van der Waals surface area contributed by atoms with Crippen molar-refractivity contribution in [2.75, 3.05) is 32.8 Å². The summed E-state index contributed by atoms with van der Waals surface area (Å²) in [6.07, 6.45) is 5.02. The van der Waals surface area contributed by atoms with E-state index in [4.69, 9.17) is 9.26 Å². The van der Waals surface area contributed by atoms with Crippen molar-refractivity contribution >= 4 is 5.91 Å². The predicted octanol–water partition coefficient (Wildman–Crippen LogP) is 1.76. The third-order valence-corrected chi connectivity index (χ3v) is 5.59. The molecule has 3 aliphatic rings. The zero-order chi connectivity index (χ0) is 16.0. The fourth-order valence-corrected chi connectivity index (χ4v) is 4.30. The smallest absolute Gasteiger partial charge is 0.259 e. The second-order valence-electron chi connectivity index (χ2n) is 7.31. The van der Waals surface area contributed by atoms with Crippen molar-refractivity contribution < 1.29 is 14.1 Å². The number of hydrogen-bond acceptors (Lipinski definition) is 5. The molecule has 0 saturated carbocycles. The van der Waals surface area contributed by atoms with Gasteiger partial charge >= 0.3 is 0 Å². The number of aromatic nitrogens is 1. The van der Waals surface area contributed by atoms with E-state index in [1.54, 1.807) is 6.92 Å². The van der Waals surface area contributed by atoms with Gasteiger partial charge in [-0.15, -0.1) is 0 Å². The molecule has 0 radical (unpaired) electrons. The van der Waals surface area contributed by atoms with Crippen LogP contribution in [0.1, 0.15) is 47.5 Å². The maximum Gasteiger partial charge on any atom is 0.259 e. The molecule has 1 unspecified atom stereocenters. The molecule has 3 aliphatic heterocycles. The largest absolute Gasteiger partial charge is 0.370 e. The monoisotopic (exact) mass is 319 g/mol. The molecule has 4 heterocycles. The van der Waals surface area contributed by atoms with Crippen molar-refractivity contribution in [1.82, 2.24) is 15.0 Å². The molecule has 23 heavy (non-hydrogen) atoms. The van der Waals surface area contributed by atoms with Crippen molar-refractivity contribution in [2.24, 2.45) is 0 Å². The van der Waals surface area contributed by atoms with E-state index in [2.05, 4.69) is 10.1 Å². The number of ether oxygens (including phenoxy) is 1. The summed E-state index contributed by atoms with van der Waals surface area (Å²) < 4.78 is 11.2. The van der Waals surface area contributed by atoms with Gasteiger partial charge in [-0.25, -0.2) is 0 Å². The summed E-state index contributed by atoms with van der Waals surface area (Å²) in [4.78, 5) is 17.1. The van der Waals surface area contributed by atoms with Gasteiger partial charge in [0.1, 0.15) is 16.9 Å². The second kappa shape index (κ2) is 5.60. The van der Waals surface area contributed by atoms with Crippen molar-refractivity contribution in [3.8, 4) is 0 Å². The van der Waals surface area contributed by atoms with Gasteiger partial charge in [-0.05, 0) is 46.2 Å². The lowest BCUT2D eigenvalue weighted by molar-refractivity contribution is -0.0951. The summed E-state index contributed by atoms with van der Waals surface area (Å²) >= 11 is 0. The second-order valence-corrected chi connectivity index (χ2v) is 7.31. The Morgan fingerprint density at radius 3 is 2.61 bits per heavy atom. The Kier molecular flexibility index (Phi) is 3.69. The number of hydrogen-bond donors (Lipinski definition) is 0. The molecular weight excluding hydrogens is 294 g/mol. The fourth-order valence-electron chi connectivity index (χ4n) is 4.30. The zero-order valence-corrected chi connectivity index (χ0v) is 14.0.